The Labute approximate surface area is 227 Å². The van der Waals surface area contributed by atoms with Gasteiger partial charge in [0.25, 0.3) is 0 Å². The Bertz CT molecular complexity index is 460. The van der Waals surface area contributed by atoms with E-state index < -0.39 is 0 Å². The Hall–Kier alpha value is -0.530. The molecule has 0 radical (unpaired) electrons. The molecule has 0 bridgehead atoms. The van der Waals surface area contributed by atoms with Crippen LogP contribution in [0.4, 0.5) is 0 Å². The second-order valence-corrected chi connectivity index (χ2v) is 12.0. The monoisotopic (exact) mass is 507 g/mol. The molecule has 0 aromatic heterocycles. The first-order valence-corrected chi connectivity index (χ1v) is 17.0. The molecule has 1 aliphatic rings. The summed E-state index contributed by atoms with van der Waals surface area (Å²) >= 11 is 0. The van der Waals surface area contributed by atoms with E-state index in [-0.39, 0.29) is 18.0 Å². The van der Waals surface area contributed by atoms with Crippen molar-refractivity contribution in [1.82, 2.24) is 0 Å². The summed E-state index contributed by atoms with van der Waals surface area (Å²) in [7, 11) is 0. The van der Waals surface area contributed by atoms with Crippen LogP contribution >= 0.6 is 0 Å². The van der Waals surface area contributed by atoms with Gasteiger partial charge in [-0.25, -0.2) is 0 Å². The first-order chi connectivity index (χ1) is 17.8. The van der Waals surface area contributed by atoms with Gasteiger partial charge in [-0.15, -0.1) is 0 Å². The molecule has 214 valence electrons. The van der Waals surface area contributed by atoms with Crippen molar-refractivity contribution in [3.05, 3.63) is 0 Å². The molecule has 0 unspecified atom stereocenters. The minimum atomic E-state index is 0.0871. The molecule has 1 aliphatic heterocycles. The predicted molar refractivity (Wildman–Crippen MR) is 159 cm³/mol. The molecule has 1 fully saturated rings. The van der Waals surface area contributed by atoms with Crippen LogP contribution in [0.3, 0.4) is 0 Å². The van der Waals surface area contributed by atoms with Crippen molar-refractivity contribution < 1.29 is 9.53 Å². The van der Waals surface area contributed by atoms with Crippen LogP contribution in [0.15, 0.2) is 0 Å². The largest absolute Gasteiger partial charge is 0.461 e. The number of esters is 1. The Morgan fingerprint density at radius 2 is 0.694 bits per heavy atom. The van der Waals surface area contributed by atoms with Crippen LogP contribution in [-0.4, -0.2) is 12.1 Å². The lowest BCUT2D eigenvalue weighted by Crippen LogP contribution is -2.44. The van der Waals surface area contributed by atoms with Crippen LogP contribution in [0.5, 0.6) is 0 Å². The molecule has 1 heterocycles. The van der Waals surface area contributed by atoms with Gasteiger partial charge < -0.3 is 4.74 Å². The third kappa shape index (κ3) is 19.6. The molecule has 0 spiro atoms. The molecule has 2 nitrogen and oxygen atoms in total. The number of carbonyl (C=O) groups is 1. The summed E-state index contributed by atoms with van der Waals surface area (Å²) in [5.41, 5.74) is 0. The Kier molecular flexibility index (Phi) is 24.3. The number of cyclic esters (lactones) is 1. The topological polar surface area (TPSA) is 26.3 Å². The fraction of sp³-hybridized carbons (Fsp3) is 0.971. The molecule has 36 heavy (non-hydrogen) atoms. The van der Waals surface area contributed by atoms with E-state index in [1.807, 2.05) is 0 Å². The molecule has 0 aromatic carbocycles. The number of unbranched alkanes of at least 4 members (excludes halogenated alkanes) is 25. The molecule has 1 rings (SSSR count). The fourth-order valence-corrected chi connectivity index (χ4v) is 5.88. The minimum absolute atomic E-state index is 0.0871. The van der Waals surface area contributed by atoms with Gasteiger partial charge in [0.15, 0.2) is 0 Å². The summed E-state index contributed by atoms with van der Waals surface area (Å²) in [6, 6.07) is 0. The lowest BCUT2D eigenvalue weighted by molar-refractivity contribution is -0.186. The van der Waals surface area contributed by atoms with Crippen molar-refractivity contribution in [1.29, 1.82) is 0 Å². The van der Waals surface area contributed by atoms with E-state index in [2.05, 4.69) is 13.8 Å². The normalized spacial score (nSPS) is 17.3. The Morgan fingerprint density at radius 3 is 1.00 bits per heavy atom. The number of rotatable bonds is 29. The lowest BCUT2D eigenvalue weighted by Gasteiger charge is -2.35. The zero-order chi connectivity index (χ0) is 25.9. The van der Waals surface area contributed by atoms with Gasteiger partial charge in [0.1, 0.15) is 6.10 Å². The average Bonchev–Trinajstić information content (AvgIpc) is 2.88. The van der Waals surface area contributed by atoms with Gasteiger partial charge in [-0.3, -0.25) is 4.79 Å². The van der Waals surface area contributed by atoms with E-state index >= 15 is 0 Å². The third-order valence-corrected chi connectivity index (χ3v) is 8.48. The second kappa shape index (κ2) is 26.1. The SMILES string of the molecule is CCCCCCCCCCCCCCCCCC[C@@H]1C(=O)O[C@H]1CCCCCCCCCCCCC. The fourth-order valence-electron chi connectivity index (χ4n) is 5.88. The lowest BCUT2D eigenvalue weighted by atomic mass is 9.87. The summed E-state index contributed by atoms with van der Waals surface area (Å²) in [5, 5.41) is 0. The van der Waals surface area contributed by atoms with E-state index in [1.54, 1.807) is 0 Å². The molecule has 2 heteroatoms. The third-order valence-electron chi connectivity index (χ3n) is 8.48. The Morgan fingerprint density at radius 1 is 0.417 bits per heavy atom. The van der Waals surface area contributed by atoms with Crippen molar-refractivity contribution in [3.8, 4) is 0 Å². The van der Waals surface area contributed by atoms with Crippen molar-refractivity contribution in [2.45, 2.75) is 206 Å². The van der Waals surface area contributed by atoms with E-state index in [9.17, 15) is 4.79 Å². The van der Waals surface area contributed by atoms with Crippen LogP contribution < -0.4 is 0 Å². The number of ether oxygens (including phenoxy) is 1. The molecule has 1 saturated heterocycles. The summed E-state index contributed by atoms with van der Waals surface area (Å²) < 4.78 is 5.48. The maximum atomic E-state index is 11.9. The minimum Gasteiger partial charge on any atom is -0.461 e. The van der Waals surface area contributed by atoms with Gasteiger partial charge in [-0.1, -0.05) is 181 Å². The van der Waals surface area contributed by atoms with Crippen molar-refractivity contribution in [2.75, 3.05) is 0 Å². The van der Waals surface area contributed by atoms with E-state index in [0.717, 1.165) is 12.8 Å². The maximum Gasteiger partial charge on any atom is 0.313 e. The standard InChI is InChI=1S/C34H66O2/c1-3-5-7-9-11-13-15-16-17-18-19-21-22-24-26-28-30-32-33(36-34(32)35)31-29-27-25-23-20-14-12-10-8-6-4-2/h32-33H,3-31H2,1-2H3/t32-,33-/m0/s1. The van der Waals surface area contributed by atoms with Crippen molar-refractivity contribution in [3.63, 3.8) is 0 Å². The van der Waals surface area contributed by atoms with E-state index in [0.29, 0.717) is 0 Å². The molecular formula is C34H66O2. The first-order valence-electron chi connectivity index (χ1n) is 17.0. The van der Waals surface area contributed by atoms with Crippen molar-refractivity contribution in [2.24, 2.45) is 5.92 Å². The van der Waals surface area contributed by atoms with Crippen LogP contribution in [-0.2, 0) is 9.53 Å². The van der Waals surface area contributed by atoms with Gasteiger partial charge in [0.05, 0.1) is 5.92 Å². The number of carbonyl (C=O) groups excluding carboxylic acids is 1. The van der Waals surface area contributed by atoms with Gasteiger partial charge in [-0.2, -0.15) is 0 Å². The van der Waals surface area contributed by atoms with Gasteiger partial charge >= 0.3 is 5.97 Å². The first kappa shape index (κ1) is 33.5. The van der Waals surface area contributed by atoms with Crippen molar-refractivity contribution >= 4 is 5.97 Å². The van der Waals surface area contributed by atoms with Crippen LogP contribution in [0.1, 0.15) is 200 Å². The quantitative estimate of drug-likeness (QED) is 0.0744. The maximum absolute atomic E-state index is 11.9. The van der Waals surface area contributed by atoms with Crippen LogP contribution in [0.25, 0.3) is 0 Å². The average molecular weight is 507 g/mol. The van der Waals surface area contributed by atoms with Gasteiger partial charge in [0, 0.05) is 0 Å². The summed E-state index contributed by atoms with van der Waals surface area (Å²) in [6.45, 7) is 4.58. The zero-order valence-corrected chi connectivity index (χ0v) is 25.0. The highest BCUT2D eigenvalue weighted by molar-refractivity contribution is 5.78. The highest BCUT2D eigenvalue weighted by atomic mass is 16.6. The highest BCUT2D eigenvalue weighted by Gasteiger charge is 2.40. The van der Waals surface area contributed by atoms with Gasteiger partial charge in [0.2, 0.25) is 0 Å². The summed E-state index contributed by atoms with van der Waals surface area (Å²) in [4.78, 5) is 11.9. The highest BCUT2D eigenvalue weighted by Crippen LogP contribution is 2.31. The van der Waals surface area contributed by atoms with E-state index in [1.165, 1.54) is 173 Å². The zero-order valence-electron chi connectivity index (χ0n) is 25.0. The molecule has 0 aliphatic carbocycles. The molecular weight excluding hydrogens is 440 g/mol. The van der Waals surface area contributed by atoms with Crippen LogP contribution in [0.2, 0.25) is 0 Å². The molecule has 0 aromatic rings. The summed E-state index contributed by atoms with van der Waals surface area (Å²) in [5.74, 6) is 0.309. The summed E-state index contributed by atoms with van der Waals surface area (Å²) in [6.07, 6.45) is 40.0. The number of hydrogen-bond donors (Lipinski definition) is 0. The van der Waals surface area contributed by atoms with Gasteiger partial charge in [-0.05, 0) is 19.3 Å². The van der Waals surface area contributed by atoms with Crippen LogP contribution in [0, 0.1) is 5.92 Å². The molecule has 2 atom stereocenters. The second-order valence-electron chi connectivity index (χ2n) is 12.0. The predicted octanol–water partition coefficient (Wildman–Crippen LogP) is 11.9. The molecule has 0 N–H and O–H groups in total. The smallest absolute Gasteiger partial charge is 0.313 e. The number of hydrogen-bond acceptors (Lipinski definition) is 2. The molecule has 0 saturated carbocycles. The van der Waals surface area contributed by atoms with E-state index in [4.69, 9.17) is 4.74 Å². The Balaban J connectivity index is 1.81. The molecule has 0 amide bonds.